The average molecular weight is 315 g/mol. The molecule has 0 aliphatic rings. The second-order valence-electron chi connectivity index (χ2n) is 4.54. The molecule has 0 unspecified atom stereocenters. The second kappa shape index (κ2) is 5.55. The summed E-state index contributed by atoms with van der Waals surface area (Å²) in [5.41, 5.74) is 2.25. The molecule has 0 radical (unpaired) electrons. The van der Waals surface area contributed by atoms with Gasteiger partial charge in [0.15, 0.2) is 0 Å². The number of nitrogens with one attached hydrogen (secondary N) is 1. The smallest absolute Gasteiger partial charge is 0.240 e. The monoisotopic (exact) mass is 314 g/mol. The third-order valence-corrected chi connectivity index (χ3v) is 4.88. The molecule has 1 heterocycles. The van der Waals surface area contributed by atoms with Crippen molar-refractivity contribution in [2.45, 2.75) is 32.2 Å². The highest BCUT2D eigenvalue weighted by atomic mass is 35.5. The molecule has 5 nitrogen and oxygen atoms in total. The van der Waals surface area contributed by atoms with Gasteiger partial charge in [-0.2, -0.15) is 0 Å². The van der Waals surface area contributed by atoms with E-state index in [0.29, 0.717) is 16.5 Å². The van der Waals surface area contributed by atoms with Crippen molar-refractivity contribution in [3.05, 3.63) is 45.8 Å². The molecule has 0 fully saturated rings. The van der Waals surface area contributed by atoms with E-state index in [2.05, 4.69) is 9.88 Å². The minimum atomic E-state index is -3.61. The highest BCUT2D eigenvalue weighted by molar-refractivity contribution is 7.89. The van der Waals surface area contributed by atoms with Crippen LogP contribution in [0.15, 0.2) is 27.6 Å². The molecule has 7 heteroatoms. The van der Waals surface area contributed by atoms with E-state index in [1.54, 1.807) is 19.9 Å². The van der Waals surface area contributed by atoms with E-state index < -0.39 is 10.0 Å². The van der Waals surface area contributed by atoms with Crippen molar-refractivity contribution in [1.82, 2.24) is 9.88 Å². The minimum Gasteiger partial charge on any atom is -0.361 e. The molecule has 0 spiro atoms. The Hall–Kier alpha value is -1.37. The van der Waals surface area contributed by atoms with Crippen molar-refractivity contribution < 1.29 is 12.9 Å². The van der Waals surface area contributed by atoms with Gasteiger partial charge in [-0.25, -0.2) is 13.1 Å². The van der Waals surface area contributed by atoms with E-state index in [0.717, 1.165) is 11.1 Å². The quantitative estimate of drug-likeness (QED) is 0.941. The third kappa shape index (κ3) is 3.03. The second-order valence-corrected chi connectivity index (χ2v) is 6.71. The maximum absolute atomic E-state index is 12.2. The summed E-state index contributed by atoms with van der Waals surface area (Å²) in [6.45, 7) is 5.46. The van der Waals surface area contributed by atoms with Gasteiger partial charge >= 0.3 is 0 Å². The van der Waals surface area contributed by atoms with Gasteiger partial charge in [0, 0.05) is 17.1 Å². The largest absolute Gasteiger partial charge is 0.361 e. The predicted molar refractivity (Wildman–Crippen MR) is 76.2 cm³/mol. The first-order chi connectivity index (χ1) is 9.31. The van der Waals surface area contributed by atoms with Crippen LogP contribution in [0.5, 0.6) is 0 Å². The zero-order valence-electron chi connectivity index (χ0n) is 11.4. The van der Waals surface area contributed by atoms with E-state index in [1.165, 1.54) is 12.1 Å². The van der Waals surface area contributed by atoms with Gasteiger partial charge in [0.1, 0.15) is 5.76 Å². The molecule has 0 aliphatic heterocycles. The number of aryl methyl sites for hydroxylation is 3. The van der Waals surface area contributed by atoms with Crippen molar-refractivity contribution in [3.8, 4) is 0 Å². The first-order valence-electron chi connectivity index (χ1n) is 5.99. The Labute approximate surface area is 123 Å². The van der Waals surface area contributed by atoms with Crippen molar-refractivity contribution >= 4 is 21.6 Å². The van der Waals surface area contributed by atoms with Crippen LogP contribution in [0.3, 0.4) is 0 Å². The summed E-state index contributed by atoms with van der Waals surface area (Å²) < 4.78 is 31.9. The molecular formula is C13H15ClN2O3S. The number of halogens is 1. The highest BCUT2D eigenvalue weighted by Gasteiger charge is 2.17. The number of hydrogen-bond donors (Lipinski definition) is 1. The zero-order valence-corrected chi connectivity index (χ0v) is 13.0. The number of nitrogens with zero attached hydrogens (tertiary/aromatic N) is 1. The molecule has 0 bridgehead atoms. The lowest BCUT2D eigenvalue weighted by Crippen LogP contribution is -2.23. The van der Waals surface area contributed by atoms with Gasteiger partial charge in [-0.1, -0.05) is 22.8 Å². The normalized spacial score (nSPS) is 11.8. The first kappa shape index (κ1) is 15.0. The van der Waals surface area contributed by atoms with Gasteiger partial charge in [-0.05, 0) is 38.5 Å². The Morgan fingerprint density at radius 2 is 2.00 bits per heavy atom. The molecule has 0 aliphatic carbocycles. The predicted octanol–water partition coefficient (Wildman–Crippen LogP) is 2.73. The number of benzene rings is 1. The summed E-state index contributed by atoms with van der Waals surface area (Å²) in [5, 5.41) is 4.21. The van der Waals surface area contributed by atoms with Crippen LogP contribution in [0.2, 0.25) is 5.02 Å². The summed E-state index contributed by atoms with van der Waals surface area (Å²) >= 11 is 5.95. The number of aromatic nitrogens is 1. The Bertz CT molecular complexity index is 719. The Morgan fingerprint density at radius 1 is 1.30 bits per heavy atom. The molecule has 20 heavy (non-hydrogen) atoms. The highest BCUT2D eigenvalue weighted by Crippen LogP contribution is 2.20. The summed E-state index contributed by atoms with van der Waals surface area (Å²) in [5.74, 6) is 0.604. The summed E-state index contributed by atoms with van der Waals surface area (Å²) in [7, 11) is -3.61. The fourth-order valence-electron chi connectivity index (χ4n) is 1.75. The van der Waals surface area contributed by atoms with Crippen LogP contribution in [0.25, 0.3) is 0 Å². The van der Waals surface area contributed by atoms with Crippen LogP contribution in [0.4, 0.5) is 0 Å². The van der Waals surface area contributed by atoms with Crippen LogP contribution < -0.4 is 4.72 Å². The molecule has 1 aromatic carbocycles. The van der Waals surface area contributed by atoms with E-state index in [-0.39, 0.29) is 11.4 Å². The lowest BCUT2D eigenvalue weighted by atomic mass is 10.2. The summed E-state index contributed by atoms with van der Waals surface area (Å²) in [6.07, 6.45) is 0. The van der Waals surface area contributed by atoms with E-state index in [1.807, 2.05) is 6.92 Å². The molecule has 108 valence electrons. The van der Waals surface area contributed by atoms with Gasteiger partial charge < -0.3 is 4.52 Å². The van der Waals surface area contributed by atoms with Gasteiger partial charge in [0.25, 0.3) is 0 Å². The van der Waals surface area contributed by atoms with E-state index in [9.17, 15) is 8.42 Å². The van der Waals surface area contributed by atoms with Crippen molar-refractivity contribution in [2.24, 2.45) is 0 Å². The van der Waals surface area contributed by atoms with Crippen LogP contribution in [-0.4, -0.2) is 13.6 Å². The van der Waals surface area contributed by atoms with Gasteiger partial charge in [-0.3, -0.25) is 0 Å². The molecule has 2 aromatic rings. The summed E-state index contributed by atoms with van der Waals surface area (Å²) in [4.78, 5) is 0.139. The van der Waals surface area contributed by atoms with Gasteiger partial charge in [0.05, 0.1) is 10.6 Å². The third-order valence-electron chi connectivity index (χ3n) is 3.07. The van der Waals surface area contributed by atoms with E-state index in [4.69, 9.17) is 16.1 Å². The number of sulfonamides is 1. The molecule has 0 amide bonds. The Balaban J connectivity index is 2.21. The fraction of sp³-hybridized carbons (Fsp3) is 0.308. The number of hydrogen-bond acceptors (Lipinski definition) is 4. The van der Waals surface area contributed by atoms with Crippen LogP contribution >= 0.6 is 11.6 Å². The molecule has 1 aromatic heterocycles. The molecule has 0 saturated heterocycles. The topological polar surface area (TPSA) is 72.2 Å². The fourth-order valence-corrected chi connectivity index (χ4v) is 3.01. The minimum absolute atomic E-state index is 0.134. The van der Waals surface area contributed by atoms with Crippen molar-refractivity contribution in [2.75, 3.05) is 0 Å². The molecule has 0 atom stereocenters. The Morgan fingerprint density at radius 3 is 2.55 bits per heavy atom. The molecule has 0 saturated carbocycles. The number of rotatable bonds is 4. The average Bonchev–Trinajstić information content (AvgIpc) is 2.70. The van der Waals surface area contributed by atoms with Crippen LogP contribution in [0.1, 0.15) is 22.6 Å². The maximum Gasteiger partial charge on any atom is 0.240 e. The first-order valence-corrected chi connectivity index (χ1v) is 7.85. The molecular weight excluding hydrogens is 300 g/mol. The Kier molecular flexibility index (Phi) is 4.17. The SMILES string of the molecule is Cc1ccc(S(=O)(=O)NCc2c(C)noc2C)cc1Cl. The standard InChI is InChI=1S/C13H15ClN2O3S/c1-8-4-5-11(6-13(8)14)20(17,18)15-7-12-9(2)16-19-10(12)3/h4-6,15H,7H2,1-3H3. The molecule has 1 N–H and O–H groups in total. The lowest BCUT2D eigenvalue weighted by Gasteiger charge is -2.08. The summed E-state index contributed by atoms with van der Waals surface area (Å²) in [6, 6.07) is 4.64. The van der Waals surface area contributed by atoms with E-state index >= 15 is 0 Å². The van der Waals surface area contributed by atoms with Crippen molar-refractivity contribution in [3.63, 3.8) is 0 Å². The van der Waals surface area contributed by atoms with Crippen molar-refractivity contribution in [1.29, 1.82) is 0 Å². The van der Waals surface area contributed by atoms with Gasteiger partial charge in [0.2, 0.25) is 10.0 Å². The van der Waals surface area contributed by atoms with Gasteiger partial charge in [-0.15, -0.1) is 0 Å². The maximum atomic E-state index is 12.2. The van der Waals surface area contributed by atoms with Crippen LogP contribution in [-0.2, 0) is 16.6 Å². The zero-order chi connectivity index (χ0) is 14.9. The molecule has 2 rings (SSSR count). The lowest BCUT2D eigenvalue weighted by molar-refractivity contribution is 0.392. The van der Waals surface area contributed by atoms with Crippen LogP contribution in [0, 0.1) is 20.8 Å².